The smallest absolute Gasteiger partial charge is 0.395 e. The number of fused-ring (bicyclic) bond motifs is 1. The molecule has 0 aromatic heterocycles. The summed E-state index contributed by atoms with van der Waals surface area (Å²) in [5.74, 6) is 0.377. The van der Waals surface area contributed by atoms with Crippen molar-refractivity contribution in [1.82, 2.24) is 5.06 Å². The van der Waals surface area contributed by atoms with E-state index < -0.39 is 6.29 Å². The number of carbonyl (C=O) groups excluding carboxylic acids is 1. The number of hydrogen-bond acceptors (Lipinski definition) is 4. The lowest BCUT2D eigenvalue weighted by Crippen LogP contribution is -2.32. The van der Waals surface area contributed by atoms with Crippen molar-refractivity contribution >= 4 is 5.91 Å². The van der Waals surface area contributed by atoms with Crippen LogP contribution in [-0.2, 0) is 16.1 Å². The Morgan fingerprint density at radius 1 is 1.16 bits per heavy atom. The maximum Gasteiger partial charge on any atom is 0.586 e. The molecule has 0 fully saturated rings. The first kappa shape index (κ1) is 24.9. The lowest BCUT2D eigenvalue weighted by molar-refractivity contribution is -0.286. The Hall–Kier alpha value is -2.41. The Morgan fingerprint density at radius 3 is 2.58 bits per heavy atom. The van der Waals surface area contributed by atoms with Crippen LogP contribution >= 0.6 is 0 Å². The molecule has 172 valence electrons. The molecule has 2 rings (SSSR count). The number of aryl methyl sites for hydroxylation is 1. The highest BCUT2D eigenvalue weighted by Gasteiger charge is 2.43. The van der Waals surface area contributed by atoms with Crippen LogP contribution in [-0.4, -0.2) is 30.9 Å². The van der Waals surface area contributed by atoms with Crippen molar-refractivity contribution in [2.24, 2.45) is 5.92 Å². The minimum atomic E-state index is -3.56. The number of unbranched alkanes of at least 4 members (excludes halogenated alkanes) is 4. The number of alkyl halides is 2. The molecule has 1 aliphatic rings. The Morgan fingerprint density at radius 2 is 1.87 bits per heavy atom. The van der Waals surface area contributed by atoms with Gasteiger partial charge in [-0.15, -0.1) is 8.78 Å². The Kier molecular flexibility index (Phi) is 9.49. The lowest BCUT2D eigenvalue weighted by Gasteiger charge is -2.20. The number of halogens is 2. The van der Waals surface area contributed by atoms with Gasteiger partial charge in [0.1, 0.15) is 0 Å². The summed E-state index contributed by atoms with van der Waals surface area (Å²) >= 11 is 0. The normalized spacial score (nSPS) is 15.1. The number of carbonyl (C=O) groups is 1. The van der Waals surface area contributed by atoms with Gasteiger partial charge in [0.25, 0.3) is 5.91 Å². The first-order chi connectivity index (χ1) is 14.7. The predicted molar refractivity (Wildman–Crippen MR) is 116 cm³/mol. The van der Waals surface area contributed by atoms with Crippen molar-refractivity contribution in [3.05, 3.63) is 47.6 Å². The fraction of sp³-hybridized carbons (Fsp3) is 0.542. The Bertz CT molecular complexity index is 790. The number of benzene rings is 1. The molecule has 0 N–H and O–H groups in total. The van der Waals surface area contributed by atoms with E-state index in [2.05, 4.69) is 15.5 Å². The molecule has 0 spiro atoms. The molecular formula is C24H33F2NO4. The van der Waals surface area contributed by atoms with Crippen molar-refractivity contribution in [3.8, 4) is 11.5 Å². The number of nitrogens with zero attached hydrogens (tertiary/aromatic N) is 1. The molecule has 0 atom stereocenters. The zero-order valence-electron chi connectivity index (χ0n) is 18.8. The van der Waals surface area contributed by atoms with E-state index in [1.54, 1.807) is 18.2 Å². The summed E-state index contributed by atoms with van der Waals surface area (Å²) in [6.07, 6.45) is 8.01. The predicted octanol–water partition coefficient (Wildman–Crippen LogP) is 6.05. The molecule has 31 heavy (non-hydrogen) atoms. The number of hydrogen-bond donors (Lipinski definition) is 0. The summed E-state index contributed by atoms with van der Waals surface area (Å²) in [5, 5.41) is 1.37. The van der Waals surface area contributed by atoms with Gasteiger partial charge in [0.15, 0.2) is 11.5 Å². The van der Waals surface area contributed by atoms with Crippen LogP contribution < -0.4 is 9.47 Å². The van der Waals surface area contributed by atoms with Gasteiger partial charge in [0.2, 0.25) is 0 Å². The highest BCUT2D eigenvalue weighted by Crippen LogP contribution is 2.41. The minimum Gasteiger partial charge on any atom is -0.395 e. The highest BCUT2D eigenvalue weighted by molar-refractivity contribution is 5.87. The number of rotatable bonds is 12. The first-order valence-corrected chi connectivity index (χ1v) is 10.8. The molecule has 0 bridgehead atoms. The molecule has 7 heteroatoms. The van der Waals surface area contributed by atoms with E-state index >= 15 is 0 Å². The van der Waals surface area contributed by atoms with E-state index in [1.165, 1.54) is 18.2 Å². The molecule has 1 amide bonds. The summed E-state index contributed by atoms with van der Waals surface area (Å²) in [6.45, 7) is 6.53. The van der Waals surface area contributed by atoms with Crippen LogP contribution in [0, 0.1) is 5.92 Å². The third-order valence-corrected chi connectivity index (χ3v) is 4.78. The van der Waals surface area contributed by atoms with Crippen LogP contribution in [0.5, 0.6) is 11.5 Å². The molecule has 1 aromatic rings. The number of allylic oxidation sites excluding steroid dienone is 3. The van der Waals surface area contributed by atoms with Gasteiger partial charge >= 0.3 is 6.29 Å². The van der Waals surface area contributed by atoms with E-state index in [-0.39, 0.29) is 17.4 Å². The molecule has 0 aliphatic carbocycles. The largest absolute Gasteiger partial charge is 0.586 e. The van der Waals surface area contributed by atoms with E-state index in [4.69, 9.17) is 4.84 Å². The second-order valence-corrected chi connectivity index (χ2v) is 8.17. The van der Waals surface area contributed by atoms with Crippen LogP contribution in [0.2, 0.25) is 0 Å². The third-order valence-electron chi connectivity index (χ3n) is 4.78. The van der Waals surface area contributed by atoms with Gasteiger partial charge in [-0.3, -0.25) is 9.63 Å². The maximum absolute atomic E-state index is 13.1. The molecule has 0 unspecified atom stereocenters. The van der Waals surface area contributed by atoms with Crippen LogP contribution in [0.4, 0.5) is 8.78 Å². The van der Waals surface area contributed by atoms with Gasteiger partial charge in [0, 0.05) is 6.08 Å². The zero-order valence-corrected chi connectivity index (χ0v) is 18.8. The van der Waals surface area contributed by atoms with Crippen LogP contribution in [0.25, 0.3) is 0 Å². The van der Waals surface area contributed by atoms with Gasteiger partial charge in [0.05, 0.1) is 13.7 Å². The number of amides is 1. The molecule has 0 radical (unpaired) electrons. The lowest BCUT2D eigenvalue weighted by atomic mass is 10.0. The van der Waals surface area contributed by atoms with Gasteiger partial charge in [-0.25, -0.2) is 5.06 Å². The highest BCUT2D eigenvalue weighted by atomic mass is 19.3. The number of ether oxygens (including phenoxy) is 2. The zero-order chi connectivity index (χ0) is 22.9. The second-order valence-electron chi connectivity index (χ2n) is 8.17. The third kappa shape index (κ3) is 8.69. The molecule has 1 aliphatic heterocycles. The summed E-state index contributed by atoms with van der Waals surface area (Å²) in [6, 6.07) is 4.96. The summed E-state index contributed by atoms with van der Waals surface area (Å²) in [5.41, 5.74) is 1.86. The maximum atomic E-state index is 13.1. The standard InChI is InChI=1S/C24H33F2NO4/c1-18(2)17-27(29-4)23(28)15-19(3)11-9-7-5-6-8-10-12-20-13-14-21-22(16-20)31-24(25,26)30-21/h9,11,13-16,18H,5-8,10,12,17H2,1-4H3. The van der Waals surface area contributed by atoms with Gasteiger partial charge in [-0.2, -0.15) is 0 Å². The van der Waals surface area contributed by atoms with E-state index in [9.17, 15) is 13.6 Å². The second kappa shape index (κ2) is 11.8. The summed E-state index contributed by atoms with van der Waals surface area (Å²) in [4.78, 5) is 17.3. The van der Waals surface area contributed by atoms with E-state index in [0.717, 1.165) is 49.7 Å². The van der Waals surface area contributed by atoms with Crippen molar-refractivity contribution < 1.29 is 27.9 Å². The van der Waals surface area contributed by atoms with Crippen LogP contribution in [0.3, 0.4) is 0 Å². The van der Waals surface area contributed by atoms with Gasteiger partial charge < -0.3 is 9.47 Å². The molecule has 1 heterocycles. The first-order valence-electron chi connectivity index (χ1n) is 10.8. The summed E-state index contributed by atoms with van der Waals surface area (Å²) < 4.78 is 35.0. The van der Waals surface area contributed by atoms with Crippen molar-refractivity contribution in [2.45, 2.75) is 65.6 Å². The molecule has 0 saturated carbocycles. The monoisotopic (exact) mass is 437 g/mol. The Balaban J connectivity index is 1.62. The average Bonchev–Trinajstić information content (AvgIpc) is 3.00. The van der Waals surface area contributed by atoms with Crippen molar-refractivity contribution in [3.63, 3.8) is 0 Å². The SMILES string of the molecule is CON(CC(C)C)C(=O)C=C(C)C=CCCCCCCc1ccc2c(c1)OC(F)(F)O2. The van der Waals surface area contributed by atoms with Crippen molar-refractivity contribution in [2.75, 3.05) is 13.7 Å². The van der Waals surface area contributed by atoms with Crippen molar-refractivity contribution in [1.29, 1.82) is 0 Å². The molecule has 1 aromatic carbocycles. The van der Waals surface area contributed by atoms with E-state index in [1.807, 2.05) is 26.8 Å². The number of hydroxylamine groups is 2. The van der Waals surface area contributed by atoms with Crippen LogP contribution in [0.15, 0.2) is 42.0 Å². The topological polar surface area (TPSA) is 48.0 Å². The van der Waals surface area contributed by atoms with E-state index in [0.29, 0.717) is 12.5 Å². The molecule has 0 saturated heterocycles. The van der Waals surface area contributed by atoms with Gasteiger partial charge in [-0.05, 0) is 61.8 Å². The van der Waals surface area contributed by atoms with Crippen LogP contribution in [0.1, 0.15) is 58.4 Å². The molecule has 5 nitrogen and oxygen atoms in total. The van der Waals surface area contributed by atoms with Gasteiger partial charge in [-0.1, -0.05) is 44.9 Å². The summed E-state index contributed by atoms with van der Waals surface area (Å²) in [7, 11) is 1.50. The fourth-order valence-corrected chi connectivity index (χ4v) is 3.26. The average molecular weight is 438 g/mol. The minimum absolute atomic E-state index is 0.0847. The molecular weight excluding hydrogens is 404 g/mol. The fourth-order valence-electron chi connectivity index (χ4n) is 3.26. The Labute approximate surface area is 183 Å². The quantitative estimate of drug-likeness (QED) is 0.173.